The van der Waals surface area contributed by atoms with E-state index in [1.807, 2.05) is 30.3 Å². The van der Waals surface area contributed by atoms with E-state index in [2.05, 4.69) is 10.3 Å². The zero-order valence-corrected chi connectivity index (χ0v) is 14.7. The molecular formula is C20H19N3O4. The Labute approximate surface area is 155 Å². The average molecular weight is 365 g/mol. The summed E-state index contributed by atoms with van der Waals surface area (Å²) in [6, 6.07) is 14.1. The first-order chi connectivity index (χ1) is 13.0. The number of aliphatic carboxylic acids is 1. The number of hydrogen-bond donors (Lipinski definition) is 2. The van der Waals surface area contributed by atoms with E-state index in [4.69, 9.17) is 5.11 Å². The third kappa shape index (κ3) is 4.03. The fourth-order valence-electron chi connectivity index (χ4n) is 2.83. The molecule has 2 aromatic carbocycles. The van der Waals surface area contributed by atoms with Gasteiger partial charge in [0.1, 0.15) is 12.1 Å². The van der Waals surface area contributed by atoms with Crippen molar-refractivity contribution in [2.24, 2.45) is 0 Å². The number of nitrogens with zero attached hydrogens (tertiary/aromatic N) is 2. The van der Waals surface area contributed by atoms with Crippen molar-refractivity contribution in [3.05, 3.63) is 76.8 Å². The molecule has 3 aromatic rings. The van der Waals surface area contributed by atoms with E-state index < -0.39 is 24.0 Å². The van der Waals surface area contributed by atoms with Gasteiger partial charge in [0.25, 0.3) is 5.56 Å². The highest BCUT2D eigenvalue weighted by Gasteiger charge is 2.26. The van der Waals surface area contributed by atoms with Gasteiger partial charge in [0.15, 0.2) is 0 Å². The second-order valence-electron chi connectivity index (χ2n) is 6.25. The lowest BCUT2D eigenvalue weighted by Gasteiger charge is -2.21. The van der Waals surface area contributed by atoms with Gasteiger partial charge in [-0.1, -0.05) is 42.5 Å². The summed E-state index contributed by atoms with van der Waals surface area (Å²) >= 11 is 0. The summed E-state index contributed by atoms with van der Waals surface area (Å²) in [5.41, 5.74) is 1.04. The van der Waals surface area contributed by atoms with Crippen LogP contribution in [0.5, 0.6) is 0 Å². The smallest absolute Gasteiger partial charge is 0.325 e. The molecule has 0 bridgehead atoms. The van der Waals surface area contributed by atoms with E-state index in [0.29, 0.717) is 10.9 Å². The maximum Gasteiger partial charge on any atom is 0.325 e. The maximum atomic E-state index is 12.9. The molecule has 0 saturated heterocycles. The van der Waals surface area contributed by atoms with Crippen molar-refractivity contribution < 1.29 is 14.7 Å². The minimum Gasteiger partial charge on any atom is -0.480 e. The lowest BCUT2D eigenvalue weighted by molar-refractivity contribution is -0.141. The first-order valence-electron chi connectivity index (χ1n) is 8.50. The summed E-state index contributed by atoms with van der Waals surface area (Å²) in [5, 5.41) is 11.9. The molecule has 2 unspecified atom stereocenters. The molecule has 7 heteroatoms. The molecule has 1 amide bonds. The third-order valence-electron chi connectivity index (χ3n) is 4.33. The molecule has 0 fully saturated rings. The average Bonchev–Trinajstić information content (AvgIpc) is 2.67. The Bertz CT molecular complexity index is 1030. The van der Waals surface area contributed by atoms with Gasteiger partial charge >= 0.3 is 5.97 Å². The predicted molar refractivity (Wildman–Crippen MR) is 100 cm³/mol. The van der Waals surface area contributed by atoms with Crippen LogP contribution in [0.1, 0.15) is 18.5 Å². The summed E-state index contributed by atoms with van der Waals surface area (Å²) in [5.74, 6) is -1.70. The van der Waals surface area contributed by atoms with E-state index in [-0.39, 0.29) is 12.0 Å². The Morgan fingerprint density at radius 1 is 1.11 bits per heavy atom. The van der Waals surface area contributed by atoms with Gasteiger partial charge < -0.3 is 10.4 Å². The van der Waals surface area contributed by atoms with Crippen LogP contribution in [0.25, 0.3) is 10.9 Å². The van der Waals surface area contributed by atoms with E-state index in [1.54, 1.807) is 24.3 Å². The molecule has 0 saturated carbocycles. The minimum atomic E-state index is -1.15. The fourth-order valence-corrected chi connectivity index (χ4v) is 2.83. The number of carbonyl (C=O) groups is 2. The molecule has 0 aliphatic heterocycles. The van der Waals surface area contributed by atoms with Crippen molar-refractivity contribution >= 4 is 22.8 Å². The van der Waals surface area contributed by atoms with Crippen molar-refractivity contribution in [3.8, 4) is 0 Å². The van der Waals surface area contributed by atoms with Gasteiger partial charge in [-0.05, 0) is 24.6 Å². The Morgan fingerprint density at radius 3 is 2.48 bits per heavy atom. The number of amides is 1. The Kier molecular flexibility index (Phi) is 5.30. The molecular weight excluding hydrogens is 346 g/mol. The van der Waals surface area contributed by atoms with Gasteiger partial charge in [-0.2, -0.15) is 0 Å². The normalized spacial score (nSPS) is 13.1. The van der Waals surface area contributed by atoms with E-state index >= 15 is 0 Å². The van der Waals surface area contributed by atoms with Crippen molar-refractivity contribution in [3.63, 3.8) is 0 Å². The van der Waals surface area contributed by atoms with Crippen molar-refractivity contribution in [1.82, 2.24) is 14.9 Å². The van der Waals surface area contributed by atoms with Crippen LogP contribution in [0.15, 0.2) is 65.7 Å². The van der Waals surface area contributed by atoms with Crippen LogP contribution >= 0.6 is 0 Å². The summed E-state index contributed by atoms with van der Waals surface area (Å²) in [7, 11) is 0. The summed E-state index contributed by atoms with van der Waals surface area (Å²) in [6.45, 7) is 1.38. The number of carbonyl (C=O) groups excluding carboxylic acids is 1. The van der Waals surface area contributed by atoms with Gasteiger partial charge in [0.2, 0.25) is 5.91 Å². The van der Waals surface area contributed by atoms with Crippen LogP contribution in [-0.4, -0.2) is 32.6 Å². The largest absolute Gasteiger partial charge is 0.480 e. The second kappa shape index (κ2) is 7.82. The number of carboxylic acids is 1. The number of benzene rings is 2. The zero-order valence-electron chi connectivity index (χ0n) is 14.7. The molecule has 0 aliphatic carbocycles. The topological polar surface area (TPSA) is 101 Å². The van der Waals surface area contributed by atoms with Crippen LogP contribution < -0.4 is 10.9 Å². The molecule has 138 valence electrons. The monoisotopic (exact) mass is 365 g/mol. The van der Waals surface area contributed by atoms with Crippen molar-refractivity contribution in [2.45, 2.75) is 25.4 Å². The fraction of sp³-hybridized carbons (Fsp3) is 0.200. The van der Waals surface area contributed by atoms with Gasteiger partial charge in [0.05, 0.1) is 17.2 Å². The maximum absolute atomic E-state index is 12.9. The second-order valence-corrected chi connectivity index (χ2v) is 6.25. The number of hydrogen-bond acceptors (Lipinski definition) is 4. The van der Waals surface area contributed by atoms with Crippen molar-refractivity contribution in [2.75, 3.05) is 0 Å². The molecule has 0 aliphatic rings. The first-order valence-corrected chi connectivity index (χ1v) is 8.50. The van der Waals surface area contributed by atoms with Gasteiger partial charge in [-0.15, -0.1) is 0 Å². The zero-order chi connectivity index (χ0) is 19.4. The van der Waals surface area contributed by atoms with Gasteiger partial charge in [-0.25, -0.2) is 4.98 Å². The SMILES string of the molecule is CC(NC(=O)C(Cc1ccccc1)n1cnc2ccccc2c1=O)C(=O)O. The van der Waals surface area contributed by atoms with Crippen LogP contribution in [0, 0.1) is 0 Å². The minimum absolute atomic E-state index is 0.235. The molecule has 1 heterocycles. The molecule has 0 spiro atoms. The quantitative estimate of drug-likeness (QED) is 0.693. The number of aromatic nitrogens is 2. The van der Waals surface area contributed by atoms with E-state index in [0.717, 1.165) is 5.56 Å². The Morgan fingerprint density at radius 2 is 1.78 bits per heavy atom. The highest BCUT2D eigenvalue weighted by Crippen LogP contribution is 2.15. The van der Waals surface area contributed by atoms with Crippen LogP contribution in [0.2, 0.25) is 0 Å². The molecule has 0 radical (unpaired) electrons. The number of carboxylic acid groups (broad SMARTS) is 1. The van der Waals surface area contributed by atoms with Crippen molar-refractivity contribution in [1.29, 1.82) is 0 Å². The van der Waals surface area contributed by atoms with Gasteiger partial charge in [-0.3, -0.25) is 19.0 Å². The molecule has 2 N–H and O–H groups in total. The summed E-state index contributed by atoms with van der Waals surface area (Å²) < 4.78 is 1.26. The summed E-state index contributed by atoms with van der Waals surface area (Å²) in [4.78, 5) is 41.1. The van der Waals surface area contributed by atoms with E-state index in [1.165, 1.54) is 17.8 Å². The molecule has 2 atom stereocenters. The lowest BCUT2D eigenvalue weighted by Crippen LogP contribution is -2.44. The summed E-state index contributed by atoms with van der Waals surface area (Å²) in [6.07, 6.45) is 1.57. The number of rotatable bonds is 6. The predicted octanol–water partition coefficient (Wildman–Crippen LogP) is 1.77. The van der Waals surface area contributed by atoms with Crippen LogP contribution in [-0.2, 0) is 16.0 Å². The third-order valence-corrected chi connectivity index (χ3v) is 4.33. The standard InChI is InChI=1S/C20H19N3O4/c1-13(20(26)27)22-18(24)17(11-14-7-3-2-4-8-14)23-12-21-16-10-6-5-9-15(16)19(23)25/h2-10,12-13,17H,11H2,1H3,(H,22,24)(H,26,27). The Balaban J connectivity index is 2.03. The Hall–Kier alpha value is -3.48. The number of nitrogens with one attached hydrogen (secondary N) is 1. The van der Waals surface area contributed by atoms with Gasteiger partial charge in [0, 0.05) is 6.42 Å². The lowest BCUT2D eigenvalue weighted by atomic mass is 10.0. The first kappa shape index (κ1) is 18.3. The molecule has 27 heavy (non-hydrogen) atoms. The molecule has 1 aromatic heterocycles. The molecule has 3 rings (SSSR count). The molecule has 7 nitrogen and oxygen atoms in total. The highest BCUT2D eigenvalue weighted by molar-refractivity contribution is 5.86. The van der Waals surface area contributed by atoms with Crippen LogP contribution in [0.3, 0.4) is 0 Å². The number of fused-ring (bicyclic) bond motifs is 1. The van der Waals surface area contributed by atoms with Crippen LogP contribution in [0.4, 0.5) is 0 Å². The highest BCUT2D eigenvalue weighted by atomic mass is 16.4. The van der Waals surface area contributed by atoms with E-state index in [9.17, 15) is 14.4 Å². The number of para-hydroxylation sites is 1.